The Morgan fingerprint density at radius 3 is 2.39 bits per heavy atom. The molecule has 0 bridgehead atoms. The molecule has 1 fully saturated rings. The van der Waals surface area contributed by atoms with Gasteiger partial charge in [-0.3, -0.25) is 0 Å². The number of hydrogen-bond donors (Lipinski definition) is 0. The SMILES string of the molecule is [2H]C([2H])([2H])C([2H])(c1ccnc(-c2[c-]ccc3c2sc2cc(-c4ccccc4)ccc23)c1)C1CCCC1.[2H]C([2H])([2H])c1c[c-]c(-c2cc(C)[c]([Ge]([CH3])([CH3])[CH3])cn2)cc1.[Ir]. The number of thiophene rings is 1. The number of rotatable bonds is 6. The van der Waals surface area contributed by atoms with Crippen molar-refractivity contribution < 1.29 is 29.7 Å². The maximum atomic E-state index is 9.23. The van der Waals surface area contributed by atoms with Crippen molar-refractivity contribution in [3.8, 4) is 33.6 Å². The van der Waals surface area contributed by atoms with Crippen LogP contribution in [0.25, 0.3) is 53.8 Å². The van der Waals surface area contributed by atoms with E-state index in [1.165, 1.54) is 37.2 Å². The zero-order chi connectivity index (χ0) is 40.8. The summed E-state index contributed by atoms with van der Waals surface area (Å²) in [5.74, 6) is 5.23. The number of benzene rings is 4. The third-order valence-electron chi connectivity index (χ3n) is 9.64. The molecule has 1 saturated carbocycles. The van der Waals surface area contributed by atoms with Gasteiger partial charge in [0, 0.05) is 36.5 Å². The number of aryl methyl sites for hydroxylation is 2. The van der Waals surface area contributed by atoms with Crippen molar-refractivity contribution in [2.45, 2.75) is 69.5 Å². The van der Waals surface area contributed by atoms with Gasteiger partial charge in [-0.2, -0.15) is 11.3 Å². The van der Waals surface area contributed by atoms with E-state index < -0.39 is 32.9 Å². The van der Waals surface area contributed by atoms with Gasteiger partial charge in [0.15, 0.2) is 0 Å². The summed E-state index contributed by atoms with van der Waals surface area (Å²) in [7, 11) is 0. The molecule has 51 heavy (non-hydrogen) atoms. The summed E-state index contributed by atoms with van der Waals surface area (Å²) < 4.78 is 59.9. The quantitative estimate of drug-likeness (QED) is 0.123. The Balaban J connectivity index is 0.000000221. The van der Waals surface area contributed by atoms with Gasteiger partial charge in [-0.25, -0.2) is 0 Å². The van der Waals surface area contributed by atoms with Crippen LogP contribution in [0, 0.1) is 31.8 Å². The van der Waals surface area contributed by atoms with Gasteiger partial charge in [-0.05, 0) is 63.7 Å². The maximum Gasteiger partial charge on any atom is 0 e. The van der Waals surface area contributed by atoms with Crippen LogP contribution in [0.4, 0.5) is 0 Å². The Hall–Kier alpha value is -3.41. The third kappa shape index (κ3) is 8.31. The molecule has 1 radical (unpaired) electrons. The molecule has 5 heteroatoms. The van der Waals surface area contributed by atoms with Crippen LogP contribution in [0.5, 0.6) is 0 Å². The first-order chi connectivity index (χ1) is 26.9. The topological polar surface area (TPSA) is 25.8 Å². The predicted molar refractivity (Wildman–Crippen MR) is 218 cm³/mol. The molecule has 7 aromatic rings. The molecule has 0 saturated heterocycles. The van der Waals surface area contributed by atoms with Gasteiger partial charge in [-0.15, -0.1) is 23.8 Å². The number of aromatic nitrogens is 2. The first kappa shape index (κ1) is 29.1. The smallest absolute Gasteiger partial charge is 0 e. The second-order valence-corrected chi connectivity index (χ2v) is 25.8. The Bertz CT molecular complexity index is 2520. The fraction of sp³-hybridized carbons (Fsp3) is 0.261. The molecule has 1 aliphatic carbocycles. The molecule has 0 spiro atoms. The van der Waals surface area contributed by atoms with Crippen molar-refractivity contribution in [3.63, 3.8) is 0 Å². The molecule has 261 valence electrons. The first-order valence-electron chi connectivity index (χ1n) is 20.8. The fourth-order valence-electron chi connectivity index (χ4n) is 7.00. The van der Waals surface area contributed by atoms with E-state index in [1.807, 2.05) is 36.5 Å². The van der Waals surface area contributed by atoms with E-state index in [1.54, 1.807) is 35.7 Å². The van der Waals surface area contributed by atoms with Gasteiger partial charge in [0.05, 0.1) is 0 Å². The summed E-state index contributed by atoms with van der Waals surface area (Å²) in [5, 5.41) is 2.32. The summed E-state index contributed by atoms with van der Waals surface area (Å²) in [6.45, 7) is -2.38. The van der Waals surface area contributed by atoms with E-state index in [2.05, 4.69) is 88.8 Å². The Labute approximate surface area is 334 Å². The van der Waals surface area contributed by atoms with E-state index >= 15 is 0 Å². The summed E-state index contributed by atoms with van der Waals surface area (Å²) in [4.78, 5) is 9.17. The van der Waals surface area contributed by atoms with Crippen molar-refractivity contribution in [3.05, 3.63) is 138 Å². The molecule has 0 aliphatic heterocycles. The van der Waals surface area contributed by atoms with Gasteiger partial charge in [0.25, 0.3) is 0 Å². The van der Waals surface area contributed by atoms with Gasteiger partial charge < -0.3 is 4.98 Å². The van der Waals surface area contributed by atoms with Crippen LogP contribution < -0.4 is 4.40 Å². The Morgan fingerprint density at radius 2 is 1.69 bits per heavy atom. The van der Waals surface area contributed by atoms with Crippen LogP contribution in [-0.2, 0) is 20.1 Å². The standard InChI is InChI=1S/C30H26NS.C16H20GeN.Ir/c1-20(21-8-5-6-9-21)23-16-17-31-28(18-23)27-13-7-12-26-25-15-14-24(19-29(25)32-30(26)27)22-10-3-2-4-11-22;1-12-6-8-14(9-7-12)16-10-13(2)15(11-18-16)17(3,4)5;/h2-4,7,10-12,14-21H,5-6,8-9H2,1H3;6-8,10-11H,1-5H3;/q2*-1;/i1D3,20D;1D3;. The molecule has 0 N–H and O–H groups in total. The van der Waals surface area contributed by atoms with Crippen molar-refractivity contribution >= 4 is 49.2 Å². The van der Waals surface area contributed by atoms with Crippen molar-refractivity contribution in [2.24, 2.45) is 5.92 Å². The van der Waals surface area contributed by atoms with Crippen LogP contribution in [0.1, 0.15) is 64.7 Å². The molecule has 3 aromatic heterocycles. The number of pyridine rings is 2. The molecule has 1 atom stereocenters. The van der Waals surface area contributed by atoms with Gasteiger partial charge >= 0.3 is 117 Å². The number of hydrogen-bond acceptors (Lipinski definition) is 3. The maximum absolute atomic E-state index is 9.23. The average molecular weight is 931 g/mol. The van der Waals surface area contributed by atoms with Gasteiger partial charge in [0.1, 0.15) is 0 Å². The first-order valence-corrected chi connectivity index (χ1v) is 25.5. The van der Waals surface area contributed by atoms with Crippen molar-refractivity contribution in [2.75, 3.05) is 0 Å². The molecular formula is C46H46GeIrN2S-2. The van der Waals surface area contributed by atoms with Crippen LogP contribution in [0.3, 0.4) is 0 Å². The fourth-order valence-corrected chi connectivity index (χ4v) is 11.8. The van der Waals surface area contributed by atoms with E-state index in [0.717, 1.165) is 52.6 Å². The van der Waals surface area contributed by atoms with Crippen LogP contribution in [-0.4, -0.2) is 23.2 Å². The van der Waals surface area contributed by atoms with Crippen molar-refractivity contribution in [1.29, 1.82) is 0 Å². The molecule has 4 aromatic carbocycles. The zero-order valence-electron chi connectivity index (χ0n) is 36.4. The monoisotopic (exact) mass is 932 g/mol. The molecular weight excluding hydrogens is 877 g/mol. The van der Waals surface area contributed by atoms with E-state index in [-0.39, 0.29) is 26.0 Å². The number of nitrogens with zero attached hydrogens (tertiary/aromatic N) is 2. The van der Waals surface area contributed by atoms with E-state index in [0.29, 0.717) is 16.8 Å². The molecule has 1 aliphatic rings. The molecule has 8 rings (SSSR count). The molecule has 0 amide bonds. The summed E-state index contributed by atoms with van der Waals surface area (Å²) in [6, 6.07) is 37.9. The molecule has 3 heterocycles. The predicted octanol–water partition coefficient (Wildman–Crippen LogP) is 12.6. The van der Waals surface area contributed by atoms with Crippen molar-refractivity contribution in [1.82, 2.24) is 9.97 Å². The largest absolute Gasteiger partial charge is 0 e. The second-order valence-electron chi connectivity index (χ2n) is 14.2. The minimum Gasteiger partial charge on any atom is 0 e. The Morgan fingerprint density at radius 1 is 0.863 bits per heavy atom. The van der Waals surface area contributed by atoms with E-state index in [9.17, 15) is 1.37 Å². The minimum atomic E-state index is -2.41. The summed E-state index contributed by atoms with van der Waals surface area (Å²) in [6.07, 6.45) is 7.17. The van der Waals surface area contributed by atoms with E-state index in [4.69, 9.17) is 8.22 Å². The van der Waals surface area contributed by atoms with Crippen LogP contribution in [0.2, 0.25) is 17.3 Å². The normalized spacial score (nSPS) is 17.0. The zero-order valence-corrected chi connectivity index (χ0v) is 34.7. The van der Waals surface area contributed by atoms with Gasteiger partial charge in [-0.1, -0.05) is 79.2 Å². The number of fused-ring (bicyclic) bond motifs is 3. The summed E-state index contributed by atoms with van der Waals surface area (Å²) >= 11 is -0.181. The van der Waals surface area contributed by atoms with Crippen LogP contribution in [0.15, 0.2) is 109 Å². The van der Waals surface area contributed by atoms with Crippen LogP contribution >= 0.6 is 11.3 Å². The minimum absolute atomic E-state index is 0. The third-order valence-corrected chi connectivity index (χ3v) is 15.3. The summed E-state index contributed by atoms with van der Waals surface area (Å²) in [5.41, 5.74) is 7.67. The van der Waals surface area contributed by atoms with Gasteiger partial charge in [0.2, 0.25) is 0 Å². The molecule has 2 nitrogen and oxygen atoms in total. The Kier molecular flexibility index (Phi) is 9.18. The average Bonchev–Trinajstić information content (AvgIpc) is 3.86. The second kappa shape index (κ2) is 16.1. The molecule has 1 unspecified atom stereocenters.